The molecule has 1 fully saturated rings. The number of likely N-dealkylation sites (tertiary alicyclic amines) is 1. The molecule has 0 aliphatic carbocycles. The summed E-state index contributed by atoms with van der Waals surface area (Å²) in [6, 6.07) is 16.1. The van der Waals surface area contributed by atoms with Crippen LogP contribution in [0.4, 0.5) is 24.5 Å². The monoisotopic (exact) mass is 461 g/mol. The van der Waals surface area contributed by atoms with Crippen LogP contribution in [0.1, 0.15) is 12.0 Å². The lowest BCUT2D eigenvalue weighted by Crippen LogP contribution is -2.22. The fraction of sp³-hybridized carbons (Fsp3) is 0.333. The van der Waals surface area contributed by atoms with Crippen LogP contribution in [0.15, 0.2) is 59.5 Å². The zero-order valence-electron chi connectivity index (χ0n) is 18.2. The average molecular weight is 462 g/mol. The fourth-order valence-corrected chi connectivity index (χ4v) is 4.73. The van der Waals surface area contributed by atoms with E-state index in [-0.39, 0.29) is 11.9 Å². The number of fused-ring (bicyclic) bond motifs is 1. The van der Waals surface area contributed by atoms with Gasteiger partial charge in [0, 0.05) is 54.9 Å². The van der Waals surface area contributed by atoms with Crippen molar-refractivity contribution in [2.45, 2.75) is 23.6 Å². The molecule has 32 heavy (non-hydrogen) atoms. The lowest BCUT2D eigenvalue weighted by atomic mass is 10.1. The van der Waals surface area contributed by atoms with Gasteiger partial charge in [0.25, 0.3) is 0 Å². The van der Waals surface area contributed by atoms with Gasteiger partial charge in [0.2, 0.25) is 0 Å². The molecule has 8 heteroatoms. The van der Waals surface area contributed by atoms with Crippen LogP contribution in [0.3, 0.4) is 0 Å². The van der Waals surface area contributed by atoms with Crippen molar-refractivity contribution in [3.8, 4) is 5.75 Å². The van der Waals surface area contributed by atoms with E-state index in [9.17, 15) is 13.2 Å². The normalized spacial score (nSPS) is 17.0. The first-order valence-corrected chi connectivity index (χ1v) is 11.2. The molecular formula is C24H26F3N3OS. The highest BCUT2D eigenvalue weighted by molar-refractivity contribution is 8.00. The van der Waals surface area contributed by atoms with Gasteiger partial charge in [-0.3, -0.25) is 0 Å². The van der Waals surface area contributed by atoms with Crippen LogP contribution in [0.25, 0.3) is 10.8 Å². The smallest absolute Gasteiger partial charge is 0.419 e. The molecule has 1 heterocycles. The van der Waals surface area contributed by atoms with Gasteiger partial charge < -0.3 is 19.3 Å². The largest absolute Gasteiger partial charge is 0.488 e. The predicted molar refractivity (Wildman–Crippen MR) is 126 cm³/mol. The van der Waals surface area contributed by atoms with Gasteiger partial charge in [0.15, 0.2) is 0 Å². The molecule has 0 spiro atoms. The number of rotatable bonds is 6. The Kier molecular flexibility index (Phi) is 6.44. The van der Waals surface area contributed by atoms with Crippen molar-refractivity contribution < 1.29 is 17.9 Å². The Morgan fingerprint density at radius 1 is 1.06 bits per heavy atom. The molecule has 4 rings (SSSR count). The molecule has 1 atom stereocenters. The lowest BCUT2D eigenvalue weighted by Gasteiger charge is -2.20. The molecule has 1 unspecified atom stereocenters. The number of likely N-dealkylation sites (N-methyl/N-ethyl adjacent to an activating group) is 1. The maximum Gasteiger partial charge on any atom is 0.419 e. The molecule has 1 N–H and O–H groups in total. The Labute approximate surface area is 190 Å². The first-order chi connectivity index (χ1) is 15.2. The second-order valence-electron chi connectivity index (χ2n) is 8.23. The van der Waals surface area contributed by atoms with Gasteiger partial charge in [0.1, 0.15) is 11.9 Å². The quantitative estimate of drug-likeness (QED) is 0.446. The Morgan fingerprint density at radius 2 is 1.81 bits per heavy atom. The van der Waals surface area contributed by atoms with Gasteiger partial charge in [0.05, 0.1) is 5.56 Å². The highest BCUT2D eigenvalue weighted by Crippen LogP contribution is 2.40. The van der Waals surface area contributed by atoms with E-state index < -0.39 is 11.7 Å². The summed E-state index contributed by atoms with van der Waals surface area (Å²) < 4.78 is 49.6. The third-order valence-corrected chi connectivity index (χ3v) is 6.46. The van der Waals surface area contributed by atoms with E-state index in [1.165, 1.54) is 24.1 Å². The Balaban J connectivity index is 1.58. The zero-order valence-corrected chi connectivity index (χ0v) is 19.1. The van der Waals surface area contributed by atoms with Crippen molar-refractivity contribution in [1.29, 1.82) is 0 Å². The summed E-state index contributed by atoms with van der Waals surface area (Å²) in [5.41, 5.74) is 0.921. The molecule has 3 aromatic rings. The second-order valence-corrected chi connectivity index (χ2v) is 9.07. The number of halogens is 3. The average Bonchev–Trinajstić information content (AvgIpc) is 3.15. The summed E-state index contributed by atoms with van der Waals surface area (Å²) in [6.45, 7) is 1.43. The number of anilines is 2. The van der Waals surface area contributed by atoms with Crippen molar-refractivity contribution in [2.24, 2.45) is 0 Å². The maximum absolute atomic E-state index is 13.5. The molecule has 0 aromatic heterocycles. The third kappa shape index (κ3) is 4.91. The van der Waals surface area contributed by atoms with Gasteiger partial charge >= 0.3 is 6.18 Å². The van der Waals surface area contributed by atoms with Crippen molar-refractivity contribution >= 4 is 34.1 Å². The Bertz CT molecular complexity index is 1100. The van der Waals surface area contributed by atoms with Gasteiger partial charge in [-0.25, -0.2) is 0 Å². The number of ether oxygens (including phenoxy) is 1. The fourth-order valence-electron chi connectivity index (χ4n) is 3.95. The number of hydrogen-bond acceptors (Lipinski definition) is 5. The molecular weight excluding hydrogens is 435 g/mol. The molecule has 0 bridgehead atoms. The van der Waals surface area contributed by atoms with E-state index in [0.29, 0.717) is 18.7 Å². The van der Waals surface area contributed by atoms with E-state index in [0.717, 1.165) is 34.0 Å². The van der Waals surface area contributed by atoms with Gasteiger partial charge in [-0.1, -0.05) is 24.3 Å². The van der Waals surface area contributed by atoms with E-state index in [1.54, 1.807) is 0 Å². The van der Waals surface area contributed by atoms with Crippen LogP contribution in [-0.2, 0) is 6.18 Å². The minimum Gasteiger partial charge on any atom is -0.488 e. The molecule has 0 saturated carbocycles. The molecule has 3 aromatic carbocycles. The van der Waals surface area contributed by atoms with Gasteiger partial charge in [-0.15, -0.1) is 0 Å². The van der Waals surface area contributed by atoms with E-state index in [2.05, 4.69) is 26.7 Å². The number of benzene rings is 3. The molecule has 1 aliphatic heterocycles. The summed E-state index contributed by atoms with van der Waals surface area (Å²) in [5.74, 6) is -0.129. The van der Waals surface area contributed by atoms with Crippen LogP contribution in [-0.4, -0.2) is 45.2 Å². The molecule has 170 valence electrons. The van der Waals surface area contributed by atoms with E-state index >= 15 is 0 Å². The van der Waals surface area contributed by atoms with Crippen LogP contribution < -0.4 is 14.4 Å². The van der Waals surface area contributed by atoms with E-state index in [4.69, 9.17) is 4.74 Å². The highest BCUT2D eigenvalue weighted by Gasteiger charge is 2.35. The maximum atomic E-state index is 13.5. The van der Waals surface area contributed by atoms with Crippen LogP contribution in [0.2, 0.25) is 0 Å². The highest BCUT2D eigenvalue weighted by atomic mass is 32.2. The van der Waals surface area contributed by atoms with Crippen LogP contribution in [0.5, 0.6) is 5.75 Å². The van der Waals surface area contributed by atoms with Crippen molar-refractivity contribution in [3.63, 3.8) is 0 Å². The summed E-state index contributed by atoms with van der Waals surface area (Å²) in [6.07, 6.45) is -4.00. The number of hydrogen-bond donors (Lipinski definition) is 1. The summed E-state index contributed by atoms with van der Waals surface area (Å²) in [5, 5.41) is 2.19. The SMILES string of the molecule is CN1CCC(Oc2cc(NSc3cccc4c(N(C)C)cccc34)ccc2C(F)(F)F)C1. The Hall–Kier alpha value is -2.58. The van der Waals surface area contributed by atoms with Crippen molar-refractivity contribution in [3.05, 3.63) is 60.2 Å². The standard InChI is InChI=1S/C24H26F3N3OS/c1-29(2)21-8-4-7-19-18(21)6-5-9-23(19)32-28-16-10-11-20(24(25,26)27)22(14-16)31-17-12-13-30(3)15-17/h4-11,14,17,28H,12-13,15H2,1-3H3. The number of nitrogens with one attached hydrogen (secondary N) is 1. The van der Waals surface area contributed by atoms with Crippen LogP contribution in [0, 0.1) is 0 Å². The third-order valence-electron chi connectivity index (χ3n) is 5.55. The molecule has 0 amide bonds. The van der Waals surface area contributed by atoms with Crippen molar-refractivity contribution in [2.75, 3.05) is 43.9 Å². The summed E-state index contributed by atoms with van der Waals surface area (Å²) >= 11 is 1.38. The number of nitrogens with zero attached hydrogens (tertiary/aromatic N) is 2. The van der Waals surface area contributed by atoms with Crippen molar-refractivity contribution in [1.82, 2.24) is 4.90 Å². The lowest BCUT2D eigenvalue weighted by molar-refractivity contribution is -0.139. The van der Waals surface area contributed by atoms with Gasteiger partial charge in [-0.2, -0.15) is 13.2 Å². The minimum absolute atomic E-state index is 0.129. The first-order valence-electron chi connectivity index (χ1n) is 10.4. The second kappa shape index (κ2) is 9.11. The van der Waals surface area contributed by atoms with Gasteiger partial charge in [-0.05, 0) is 55.1 Å². The van der Waals surface area contributed by atoms with Crippen LogP contribution >= 0.6 is 11.9 Å². The first kappa shape index (κ1) is 22.6. The predicted octanol–water partition coefficient (Wildman–Crippen LogP) is 6.13. The minimum atomic E-state index is -4.47. The molecule has 0 radical (unpaired) electrons. The topological polar surface area (TPSA) is 27.7 Å². The zero-order chi connectivity index (χ0) is 22.9. The Morgan fingerprint density at radius 3 is 2.50 bits per heavy atom. The number of alkyl halides is 3. The molecule has 1 saturated heterocycles. The molecule has 4 nitrogen and oxygen atoms in total. The summed E-state index contributed by atoms with van der Waals surface area (Å²) in [7, 11) is 5.94. The van der Waals surface area contributed by atoms with E-state index in [1.807, 2.05) is 45.4 Å². The summed E-state index contributed by atoms with van der Waals surface area (Å²) in [4.78, 5) is 5.11. The molecule has 1 aliphatic rings.